The normalized spacial score (nSPS) is 10.8. The molecule has 0 aliphatic carbocycles. The van der Waals surface area contributed by atoms with E-state index in [9.17, 15) is 4.79 Å². The first-order valence-electron chi connectivity index (χ1n) is 5.85. The van der Waals surface area contributed by atoms with Gasteiger partial charge in [-0.05, 0) is 29.0 Å². The lowest BCUT2D eigenvalue weighted by Crippen LogP contribution is -2.01. The zero-order chi connectivity index (χ0) is 13.4. The number of ketones is 1. The van der Waals surface area contributed by atoms with Crippen LogP contribution in [0.2, 0.25) is 0 Å². The van der Waals surface area contributed by atoms with Crippen LogP contribution in [0.4, 0.5) is 0 Å². The smallest absolute Gasteiger partial charge is 0.212 e. The molecule has 1 heterocycles. The molecule has 0 radical (unpaired) electrons. The highest BCUT2D eigenvalue weighted by molar-refractivity contribution is 9.10. The zero-order valence-electron chi connectivity index (χ0n) is 10.3. The van der Waals surface area contributed by atoms with E-state index in [1.165, 1.54) is 0 Å². The van der Waals surface area contributed by atoms with Crippen LogP contribution in [-0.2, 0) is 7.05 Å². The lowest BCUT2D eigenvalue weighted by molar-refractivity contribution is 0.103. The Morgan fingerprint density at radius 3 is 2.63 bits per heavy atom. The molecule has 3 nitrogen and oxygen atoms in total. The Morgan fingerprint density at radius 1 is 1.16 bits per heavy atom. The fourth-order valence-corrected chi connectivity index (χ4v) is 2.41. The van der Waals surface area contributed by atoms with Gasteiger partial charge in [-0.3, -0.25) is 4.79 Å². The van der Waals surface area contributed by atoms with Crippen LogP contribution in [0.15, 0.2) is 53.4 Å². The molecule has 0 N–H and O–H groups in total. The molecule has 19 heavy (non-hydrogen) atoms. The van der Waals surface area contributed by atoms with Crippen LogP contribution >= 0.6 is 15.9 Å². The standard InChI is InChI=1S/C15H11BrN2O/c1-18-8-14(17-9-18)15(19)12-3-2-11-7-13(16)5-4-10(11)6-12/h2-9H,1H3. The Kier molecular flexibility index (Phi) is 2.95. The van der Waals surface area contributed by atoms with E-state index in [2.05, 4.69) is 20.9 Å². The number of carbonyl (C=O) groups excluding carboxylic acids is 1. The Morgan fingerprint density at radius 2 is 1.89 bits per heavy atom. The summed E-state index contributed by atoms with van der Waals surface area (Å²) in [5.74, 6) is -0.0505. The lowest BCUT2D eigenvalue weighted by Gasteiger charge is -2.02. The van der Waals surface area contributed by atoms with Gasteiger partial charge in [0.1, 0.15) is 5.69 Å². The van der Waals surface area contributed by atoms with E-state index in [0.717, 1.165) is 15.2 Å². The van der Waals surface area contributed by atoms with Crippen molar-refractivity contribution in [2.75, 3.05) is 0 Å². The molecular formula is C15H11BrN2O. The van der Waals surface area contributed by atoms with Gasteiger partial charge in [0, 0.05) is 23.3 Å². The fraction of sp³-hybridized carbons (Fsp3) is 0.0667. The Bertz CT molecular complexity index is 777. The Labute approximate surface area is 119 Å². The third kappa shape index (κ3) is 2.31. The highest BCUT2D eigenvalue weighted by Crippen LogP contribution is 2.21. The third-order valence-electron chi connectivity index (χ3n) is 3.00. The molecule has 2 aromatic carbocycles. The molecule has 0 bridgehead atoms. The number of carbonyl (C=O) groups is 1. The number of fused-ring (bicyclic) bond motifs is 1. The monoisotopic (exact) mass is 314 g/mol. The summed E-state index contributed by atoms with van der Waals surface area (Å²) in [4.78, 5) is 16.4. The van der Waals surface area contributed by atoms with Crippen LogP contribution < -0.4 is 0 Å². The summed E-state index contributed by atoms with van der Waals surface area (Å²) in [6.45, 7) is 0. The molecule has 0 spiro atoms. The molecule has 0 saturated carbocycles. The van der Waals surface area contributed by atoms with Crippen LogP contribution in [0, 0.1) is 0 Å². The molecule has 0 amide bonds. The van der Waals surface area contributed by atoms with E-state index in [-0.39, 0.29) is 5.78 Å². The predicted molar refractivity (Wildman–Crippen MR) is 78.3 cm³/mol. The molecule has 0 unspecified atom stereocenters. The SMILES string of the molecule is Cn1cnc(C(=O)c2ccc3cc(Br)ccc3c2)c1. The average molecular weight is 315 g/mol. The maximum absolute atomic E-state index is 12.3. The summed E-state index contributed by atoms with van der Waals surface area (Å²) in [6.07, 6.45) is 3.36. The lowest BCUT2D eigenvalue weighted by atomic mass is 10.0. The quantitative estimate of drug-likeness (QED) is 0.678. The first-order valence-corrected chi connectivity index (χ1v) is 6.65. The molecular weight excluding hydrogens is 304 g/mol. The number of rotatable bonds is 2. The van der Waals surface area contributed by atoms with Crippen molar-refractivity contribution in [1.29, 1.82) is 0 Å². The van der Waals surface area contributed by atoms with Crippen molar-refractivity contribution >= 4 is 32.5 Å². The van der Waals surface area contributed by atoms with Gasteiger partial charge >= 0.3 is 0 Å². The second-order valence-electron chi connectivity index (χ2n) is 4.46. The van der Waals surface area contributed by atoms with Crippen LogP contribution in [0.1, 0.15) is 16.1 Å². The second-order valence-corrected chi connectivity index (χ2v) is 5.38. The first kappa shape index (κ1) is 12.1. The molecule has 0 aliphatic rings. The minimum atomic E-state index is -0.0505. The van der Waals surface area contributed by atoms with Gasteiger partial charge in [-0.2, -0.15) is 0 Å². The average Bonchev–Trinajstić information content (AvgIpc) is 2.84. The van der Waals surface area contributed by atoms with Crippen LogP contribution in [0.3, 0.4) is 0 Å². The topological polar surface area (TPSA) is 34.9 Å². The first-order chi connectivity index (χ1) is 9.13. The van der Waals surface area contributed by atoms with Crippen molar-refractivity contribution in [3.63, 3.8) is 0 Å². The summed E-state index contributed by atoms with van der Waals surface area (Å²) in [7, 11) is 1.85. The number of benzene rings is 2. The second kappa shape index (κ2) is 4.63. The van der Waals surface area contributed by atoms with Crippen molar-refractivity contribution in [3.8, 4) is 0 Å². The number of imidazole rings is 1. The molecule has 3 rings (SSSR count). The maximum atomic E-state index is 12.3. The van der Waals surface area contributed by atoms with Gasteiger partial charge in [0.15, 0.2) is 0 Å². The summed E-state index contributed by atoms with van der Waals surface area (Å²) in [5, 5.41) is 2.15. The van der Waals surface area contributed by atoms with Gasteiger partial charge < -0.3 is 4.57 Å². The largest absolute Gasteiger partial charge is 0.340 e. The molecule has 1 aromatic heterocycles. The van der Waals surface area contributed by atoms with E-state index in [0.29, 0.717) is 11.3 Å². The molecule has 0 saturated heterocycles. The number of hydrogen-bond acceptors (Lipinski definition) is 2. The molecule has 94 valence electrons. The van der Waals surface area contributed by atoms with Crippen molar-refractivity contribution in [3.05, 3.63) is 64.7 Å². The number of aryl methyl sites for hydroxylation is 1. The van der Waals surface area contributed by atoms with Crippen LogP contribution in [0.25, 0.3) is 10.8 Å². The van der Waals surface area contributed by atoms with Crippen molar-refractivity contribution in [2.45, 2.75) is 0 Å². The van der Waals surface area contributed by atoms with Gasteiger partial charge in [0.25, 0.3) is 0 Å². The highest BCUT2D eigenvalue weighted by atomic mass is 79.9. The number of hydrogen-bond donors (Lipinski definition) is 0. The van der Waals surface area contributed by atoms with Gasteiger partial charge in [-0.15, -0.1) is 0 Å². The van der Waals surface area contributed by atoms with E-state index < -0.39 is 0 Å². The zero-order valence-corrected chi connectivity index (χ0v) is 11.9. The van der Waals surface area contributed by atoms with Crippen LogP contribution in [-0.4, -0.2) is 15.3 Å². The maximum Gasteiger partial charge on any atom is 0.212 e. The van der Waals surface area contributed by atoms with Crippen molar-refractivity contribution < 1.29 is 4.79 Å². The molecule has 0 aliphatic heterocycles. The summed E-state index contributed by atoms with van der Waals surface area (Å²) >= 11 is 3.44. The summed E-state index contributed by atoms with van der Waals surface area (Å²) in [5.41, 5.74) is 1.13. The molecule has 0 fully saturated rings. The van der Waals surface area contributed by atoms with E-state index in [4.69, 9.17) is 0 Å². The number of nitrogens with zero attached hydrogens (tertiary/aromatic N) is 2. The summed E-state index contributed by atoms with van der Waals surface area (Å²) < 4.78 is 2.80. The van der Waals surface area contributed by atoms with Gasteiger partial charge in [0.2, 0.25) is 5.78 Å². The third-order valence-corrected chi connectivity index (χ3v) is 3.50. The summed E-state index contributed by atoms with van der Waals surface area (Å²) in [6, 6.07) is 11.7. The van der Waals surface area contributed by atoms with E-state index >= 15 is 0 Å². The van der Waals surface area contributed by atoms with E-state index in [1.54, 1.807) is 17.1 Å². The number of aromatic nitrogens is 2. The van der Waals surface area contributed by atoms with Crippen LogP contribution in [0.5, 0.6) is 0 Å². The number of halogens is 1. The van der Waals surface area contributed by atoms with Gasteiger partial charge in [0.05, 0.1) is 6.33 Å². The van der Waals surface area contributed by atoms with E-state index in [1.807, 2.05) is 43.4 Å². The minimum absolute atomic E-state index is 0.0505. The van der Waals surface area contributed by atoms with Gasteiger partial charge in [-0.1, -0.05) is 34.1 Å². The molecule has 4 heteroatoms. The minimum Gasteiger partial charge on any atom is -0.340 e. The molecule has 0 atom stereocenters. The van der Waals surface area contributed by atoms with Gasteiger partial charge in [-0.25, -0.2) is 4.98 Å². The Balaban J connectivity index is 2.06. The highest BCUT2D eigenvalue weighted by Gasteiger charge is 2.12. The van der Waals surface area contributed by atoms with Crippen molar-refractivity contribution in [1.82, 2.24) is 9.55 Å². The molecule has 3 aromatic rings. The predicted octanol–water partition coefficient (Wildman–Crippen LogP) is 3.57. The van der Waals surface area contributed by atoms with Crippen molar-refractivity contribution in [2.24, 2.45) is 7.05 Å². The Hall–Kier alpha value is -1.94. The fourth-order valence-electron chi connectivity index (χ4n) is 2.04.